The molecule has 0 unspecified atom stereocenters. The lowest BCUT2D eigenvalue weighted by molar-refractivity contribution is 1.56. The molecule has 0 aliphatic rings. The van der Waals surface area contributed by atoms with E-state index in [1.165, 1.54) is 7.28 Å². The summed E-state index contributed by atoms with van der Waals surface area (Å²) >= 11 is 0. The van der Waals surface area contributed by atoms with Crippen LogP contribution in [0.25, 0.3) is 0 Å². The van der Waals surface area contributed by atoms with E-state index in [1.807, 2.05) is 36.3 Å². The number of hydrogen-bond acceptors (Lipinski definition) is 1. The highest BCUT2D eigenvalue weighted by Crippen LogP contribution is 1.79. The summed E-state index contributed by atoms with van der Waals surface area (Å²) in [6.07, 6.45) is 0. The highest BCUT2D eigenvalue weighted by Gasteiger charge is 1.88. The Morgan fingerprint density at radius 1 is 1.22 bits per heavy atom. The van der Waals surface area contributed by atoms with E-state index < -0.39 is 0 Å². The molecule has 0 bridgehead atoms. The number of rotatable bonds is 1. The predicted molar refractivity (Wildman–Crippen MR) is 37.4 cm³/mol. The minimum Gasteiger partial charge on any atom is -0.213 e. The Balaban J connectivity index is 2.76. The van der Waals surface area contributed by atoms with Gasteiger partial charge in [-0.1, -0.05) is 35.8 Å². The van der Waals surface area contributed by atoms with Crippen molar-refractivity contribution in [2.45, 2.75) is 0 Å². The summed E-state index contributed by atoms with van der Waals surface area (Å²) in [5.74, 6) is 1.96. The van der Waals surface area contributed by atoms with Gasteiger partial charge in [-0.05, 0) is 0 Å². The van der Waals surface area contributed by atoms with E-state index in [1.54, 1.807) is 0 Å². The van der Waals surface area contributed by atoms with Crippen LogP contribution in [0.2, 0.25) is 0 Å². The van der Waals surface area contributed by atoms with Crippen LogP contribution in [0, 0.1) is 11.2 Å². The zero-order valence-electron chi connectivity index (χ0n) is 4.91. The van der Waals surface area contributed by atoms with Crippen molar-refractivity contribution >= 4 is 12.7 Å². The minimum atomic E-state index is 0.958. The van der Waals surface area contributed by atoms with Crippen LogP contribution >= 0.6 is 0 Å². The first kappa shape index (κ1) is 5.90. The summed E-state index contributed by atoms with van der Waals surface area (Å²) in [4.78, 5) is 0. The number of hydrogen-bond donors (Lipinski definition) is 0. The van der Waals surface area contributed by atoms with Crippen LogP contribution in [0.4, 0.5) is 0 Å². The van der Waals surface area contributed by atoms with E-state index in [0.29, 0.717) is 0 Å². The lowest BCUT2D eigenvalue weighted by Gasteiger charge is -1.86. The molecule has 0 aliphatic heterocycles. The highest BCUT2D eigenvalue weighted by molar-refractivity contribution is 6.60. The Bertz CT molecular complexity index is 212. The van der Waals surface area contributed by atoms with Crippen molar-refractivity contribution in [1.82, 2.24) is 0 Å². The van der Waals surface area contributed by atoms with Crippen LogP contribution in [0.1, 0.15) is 0 Å². The molecule has 0 aliphatic carbocycles. The van der Waals surface area contributed by atoms with Crippen molar-refractivity contribution in [3.05, 3.63) is 30.3 Å². The summed E-state index contributed by atoms with van der Waals surface area (Å²) < 4.78 is 0. The standard InChI is InChI=1S/C7H5BN/c9-6-8-7-4-2-1-3-5-7/h1-5H. The third kappa shape index (κ3) is 1.62. The second-order valence-electron chi connectivity index (χ2n) is 1.68. The first-order valence-corrected chi connectivity index (χ1v) is 2.71. The normalized spacial score (nSPS) is 7.89. The van der Waals surface area contributed by atoms with Gasteiger partial charge in [-0.25, -0.2) is 5.26 Å². The van der Waals surface area contributed by atoms with Crippen LogP contribution in [0.15, 0.2) is 30.3 Å². The van der Waals surface area contributed by atoms with Gasteiger partial charge < -0.3 is 0 Å². The highest BCUT2D eigenvalue weighted by atomic mass is 14.2. The zero-order valence-corrected chi connectivity index (χ0v) is 4.91. The topological polar surface area (TPSA) is 23.8 Å². The van der Waals surface area contributed by atoms with Crippen LogP contribution in [-0.4, -0.2) is 7.28 Å². The molecule has 9 heavy (non-hydrogen) atoms. The van der Waals surface area contributed by atoms with Crippen LogP contribution in [0.3, 0.4) is 0 Å². The van der Waals surface area contributed by atoms with E-state index in [9.17, 15) is 0 Å². The summed E-state index contributed by atoms with van der Waals surface area (Å²) in [6, 6.07) is 9.52. The Kier molecular flexibility index (Phi) is 1.92. The molecule has 0 saturated carbocycles. The van der Waals surface area contributed by atoms with Gasteiger partial charge in [0.1, 0.15) is 0 Å². The van der Waals surface area contributed by atoms with Gasteiger partial charge in [0.25, 0.3) is 7.28 Å². The summed E-state index contributed by atoms with van der Waals surface area (Å²) in [6.45, 7) is 0. The van der Waals surface area contributed by atoms with Crippen molar-refractivity contribution in [3.63, 3.8) is 0 Å². The average Bonchev–Trinajstić information content (AvgIpc) is 1.91. The van der Waals surface area contributed by atoms with Gasteiger partial charge in [0.05, 0.1) is 0 Å². The smallest absolute Gasteiger partial charge is 0.213 e. The lowest BCUT2D eigenvalue weighted by Crippen LogP contribution is -2.10. The molecule has 0 spiro atoms. The van der Waals surface area contributed by atoms with E-state index in [-0.39, 0.29) is 0 Å². The molecule has 0 heterocycles. The monoisotopic (exact) mass is 114 g/mol. The van der Waals surface area contributed by atoms with Crippen molar-refractivity contribution in [3.8, 4) is 5.97 Å². The van der Waals surface area contributed by atoms with Gasteiger partial charge in [0.15, 0.2) is 0 Å². The van der Waals surface area contributed by atoms with Crippen molar-refractivity contribution in [1.29, 1.82) is 5.26 Å². The zero-order chi connectivity index (χ0) is 6.53. The van der Waals surface area contributed by atoms with Gasteiger partial charge in [0, 0.05) is 5.97 Å². The Morgan fingerprint density at radius 3 is 2.44 bits per heavy atom. The third-order valence-corrected chi connectivity index (χ3v) is 1.03. The van der Waals surface area contributed by atoms with Gasteiger partial charge in [-0.2, -0.15) is 0 Å². The molecule has 0 atom stereocenters. The fourth-order valence-electron chi connectivity index (χ4n) is 0.624. The van der Waals surface area contributed by atoms with Crippen LogP contribution in [0.5, 0.6) is 0 Å². The Hall–Kier alpha value is -1.23. The van der Waals surface area contributed by atoms with E-state index in [0.717, 1.165) is 5.46 Å². The molecule has 2 heteroatoms. The molecular formula is C7H5BN. The maximum Gasteiger partial charge on any atom is 0.291 e. The molecule has 0 fully saturated rings. The van der Waals surface area contributed by atoms with E-state index >= 15 is 0 Å². The van der Waals surface area contributed by atoms with Crippen molar-refractivity contribution < 1.29 is 0 Å². The molecule has 1 radical (unpaired) electrons. The molecule has 1 nitrogen and oxygen atoms in total. The van der Waals surface area contributed by atoms with Gasteiger partial charge >= 0.3 is 0 Å². The number of nitriles is 1. The molecule has 1 rings (SSSR count). The van der Waals surface area contributed by atoms with Crippen LogP contribution in [-0.2, 0) is 0 Å². The molecule has 1 aromatic carbocycles. The predicted octanol–water partition coefficient (Wildman–Crippen LogP) is 0.497. The molecule has 0 aromatic heterocycles. The van der Waals surface area contributed by atoms with Crippen molar-refractivity contribution in [2.24, 2.45) is 0 Å². The van der Waals surface area contributed by atoms with E-state index in [2.05, 4.69) is 0 Å². The Labute approximate surface area is 55.2 Å². The third-order valence-electron chi connectivity index (χ3n) is 1.03. The maximum absolute atomic E-state index is 8.21. The fraction of sp³-hybridized carbons (Fsp3) is 0. The van der Waals surface area contributed by atoms with Crippen molar-refractivity contribution in [2.75, 3.05) is 0 Å². The van der Waals surface area contributed by atoms with Crippen LogP contribution < -0.4 is 5.46 Å². The first-order valence-electron chi connectivity index (χ1n) is 2.71. The molecular weight excluding hydrogens is 109 g/mol. The van der Waals surface area contributed by atoms with Gasteiger partial charge in [-0.15, -0.1) is 0 Å². The quantitative estimate of drug-likeness (QED) is 0.487. The largest absolute Gasteiger partial charge is 0.291 e. The lowest BCUT2D eigenvalue weighted by atomic mass is 9.73. The average molecular weight is 114 g/mol. The molecule has 1 aromatic rings. The van der Waals surface area contributed by atoms with Gasteiger partial charge in [-0.3, -0.25) is 0 Å². The Morgan fingerprint density at radius 2 is 1.89 bits per heavy atom. The molecule has 0 amide bonds. The SMILES string of the molecule is N#C[B]c1ccccc1. The summed E-state index contributed by atoms with van der Waals surface area (Å²) in [7, 11) is 1.51. The minimum absolute atomic E-state index is 0.958. The second kappa shape index (κ2) is 2.93. The summed E-state index contributed by atoms with van der Waals surface area (Å²) in [5, 5.41) is 8.21. The fourth-order valence-corrected chi connectivity index (χ4v) is 0.624. The molecule has 41 valence electrons. The first-order chi connectivity index (χ1) is 4.43. The number of benzene rings is 1. The van der Waals surface area contributed by atoms with E-state index in [4.69, 9.17) is 5.26 Å². The second-order valence-corrected chi connectivity index (χ2v) is 1.68. The maximum atomic E-state index is 8.21. The van der Waals surface area contributed by atoms with Gasteiger partial charge in [0.2, 0.25) is 0 Å². The molecule has 0 saturated heterocycles. The summed E-state index contributed by atoms with van der Waals surface area (Å²) in [5.41, 5.74) is 0.958. The molecule has 0 N–H and O–H groups in total. The number of nitrogens with zero attached hydrogens (tertiary/aromatic N) is 1.